The van der Waals surface area contributed by atoms with Crippen molar-refractivity contribution in [1.29, 1.82) is 0 Å². The van der Waals surface area contributed by atoms with Crippen LogP contribution >= 0.6 is 12.4 Å². The smallest absolute Gasteiger partial charge is 0.125 e. The highest BCUT2D eigenvalue weighted by atomic mass is 35.5. The lowest BCUT2D eigenvalue weighted by Crippen LogP contribution is -2.43. The fourth-order valence-electron chi connectivity index (χ4n) is 3.22. The number of rotatable bonds is 3. The molecule has 0 spiro atoms. The molecule has 2 aliphatic heterocycles. The number of hydrogen-bond acceptors (Lipinski definition) is 4. The van der Waals surface area contributed by atoms with Crippen LogP contribution < -0.4 is 14.8 Å². The normalized spacial score (nSPS) is 22.2. The second-order valence-electron chi connectivity index (χ2n) is 5.96. The Labute approximate surface area is 148 Å². The number of benzene rings is 2. The van der Waals surface area contributed by atoms with Crippen molar-refractivity contribution in [2.24, 2.45) is 0 Å². The highest BCUT2D eigenvalue weighted by molar-refractivity contribution is 5.85. The van der Waals surface area contributed by atoms with E-state index in [0.29, 0.717) is 12.6 Å². The summed E-state index contributed by atoms with van der Waals surface area (Å²) in [5, 5.41) is 3.53. The highest BCUT2D eigenvalue weighted by Crippen LogP contribution is 2.37. The molecule has 0 amide bonds. The van der Waals surface area contributed by atoms with Gasteiger partial charge in [0.2, 0.25) is 0 Å². The van der Waals surface area contributed by atoms with E-state index in [1.807, 2.05) is 30.3 Å². The molecule has 2 atom stereocenters. The molecular formula is C19H22ClNO3. The maximum absolute atomic E-state index is 6.01. The summed E-state index contributed by atoms with van der Waals surface area (Å²) < 4.78 is 17.8. The summed E-state index contributed by atoms with van der Waals surface area (Å²) in [7, 11) is 0. The third kappa shape index (κ3) is 3.66. The Morgan fingerprint density at radius 2 is 1.96 bits per heavy atom. The van der Waals surface area contributed by atoms with Gasteiger partial charge in [-0.2, -0.15) is 0 Å². The Morgan fingerprint density at radius 1 is 1.08 bits per heavy atom. The van der Waals surface area contributed by atoms with Crippen LogP contribution in [0.4, 0.5) is 0 Å². The van der Waals surface area contributed by atoms with E-state index in [4.69, 9.17) is 14.2 Å². The molecule has 0 unspecified atom stereocenters. The van der Waals surface area contributed by atoms with Crippen LogP contribution in [0.1, 0.15) is 23.7 Å². The molecule has 5 heteroatoms. The Hall–Kier alpha value is -1.75. The Bertz CT molecular complexity index is 665. The third-order valence-corrected chi connectivity index (χ3v) is 4.39. The lowest BCUT2D eigenvalue weighted by molar-refractivity contribution is -0.00596. The number of fused-ring (bicyclic) bond motifs is 3. The predicted molar refractivity (Wildman–Crippen MR) is 95.1 cm³/mol. The van der Waals surface area contributed by atoms with Gasteiger partial charge in [-0.25, -0.2) is 0 Å². The Kier molecular flexibility index (Phi) is 5.61. The molecule has 1 fully saturated rings. The molecule has 0 aromatic heterocycles. The van der Waals surface area contributed by atoms with Crippen molar-refractivity contribution >= 4 is 12.4 Å². The van der Waals surface area contributed by atoms with Gasteiger partial charge < -0.3 is 19.5 Å². The first-order valence-corrected chi connectivity index (χ1v) is 8.18. The number of hydrogen-bond donors (Lipinski definition) is 1. The van der Waals surface area contributed by atoms with Gasteiger partial charge in [-0.3, -0.25) is 0 Å². The van der Waals surface area contributed by atoms with Crippen LogP contribution in [0.5, 0.6) is 11.5 Å². The van der Waals surface area contributed by atoms with E-state index >= 15 is 0 Å². The second-order valence-corrected chi connectivity index (χ2v) is 5.96. The Balaban J connectivity index is 0.00000169. The molecular weight excluding hydrogens is 326 g/mol. The van der Waals surface area contributed by atoms with E-state index in [2.05, 4.69) is 23.5 Å². The molecule has 128 valence electrons. The molecule has 4 rings (SSSR count). The van der Waals surface area contributed by atoms with Gasteiger partial charge in [0, 0.05) is 18.2 Å². The number of nitrogens with one attached hydrogen (secondary N) is 1. The summed E-state index contributed by atoms with van der Waals surface area (Å²) in [6.45, 7) is 2.92. The molecule has 2 aliphatic rings. The van der Waals surface area contributed by atoms with Crippen molar-refractivity contribution < 1.29 is 14.2 Å². The maximum atomic E-state index is 6.01. The zero-order valence-electron chi connectivity index (χ0n) is 13.4. The van der Waals surface area contributed by atoms with E-state index in [0.717, 1.165) is 48.8 Å². The molecule has 1 saturated heterocycles. The largest absolute Gasteiger partial charge is 0.493 e. The van der Waals surface area contributed by atoms with Crippen LogP contribution in [0.15, 0.2) is 48.5 Å². The van der Waals surface area contributed by atoms with Gasteiger partial charge in [0.05, 0.1) is 13.2 Å². The molecule has 0 radical (unpaired) electrons. The van der Waals surface area contributed by atoms with Crippen LogP contribution in [-0.4, -0.2) is 25.8 Å². The van der Waals surface area contributed by atoms with Gasteiger partial charge >= 0.3 is 0 Å². The summed E-state index contributed by atoms with van der Waals surface area (Å²) in [5.41, 5.74) is 2.25. The molecule has 0 aliphatic carbocycles. The molecule has 2 aromatic rings. The number of ether oxygens (including phenoxy) is 3. The summed E-state index contributed by atoms with van der Waals surface area (Å²) >= 11 is 0. The molecule has 2 heterocycles. The SMILES string of the molecule is Cl.c1ccc(COc2ccc3c(c2)[C@@H]2OCCN[C@H]2CCO3)cc1. The van der Waals surface area contributed by atoms with E-state index < -0.39 is 0 Å². The first-order chi connectivity index (χ1) is 11.4. The summed E-state index contributed by atoms with van der Waals surface area (Å²) in [4.78, 5) is 0. The van der Waals surface area contributed by atoms with Crippen molar-refractivity contribution in [2.45, 2.75) is 25.2 Å². The number of halogens is 1. The van der Waals surface area contributed by atoms with E-state index in [-0.39, 0.29) is 18.5 Å². The standard InChI is InChI=1S/C19H21NO3.ClH/c1-2-4-14(5-3-1)13-23-15-6-7-18-16(12-15)19-17(8-10-21-18)20-9-11-22-19;/h1-7,12,17,19-20H,8-11,13H2;1H/t17-,19-;/m0./s1. The minimum absolute atomic E-state index is 0. The first-order valence-electron chi connectivity index (χ1n) is 8.18. The molecule has 24 heavy (non-hydrogen) atoms. The van der Waals surface area contributed by atoms with E-state index in [1.54, 1.807) is 0 Å². The first kappa shape index (κ1) is 17.1. The van der Waals surface area contributed by atoms with E-state index in [1.165, 1.54) is 0 Å². The molecule has 0 saturated carbocycles. The minimum Gasteiger partial charge on any atom is -0.493 e. The lowest BCUT2D eigenvalue weighted by Gasteiger charge is -2.31. The highest BCUT2D eigenvalue weighted by Gasteiger charge is 2.32. The van der Waals surface area contributed by atoms with Crippen LogP contribution in [0.25, 0.3) is 0 Å². The zero-order chi connectivity index (χ0) is 15.5. The van der Waals surface area contributed by atoms with Crippen LogP contribution in [0.3, 0.4) is 0 Å². The topological polar surface area (TPSA) is 39.7 Å². The van der Waals surface area contributed by atoms with Crippen LogP contribution in [0.2, 0.25) is 0 Å². The van der Waals surface area contributed by atoms with Gasteiger partial charge in [-0.1, -0.05) is 30.3 Å². The van der Waals surface area contributed by atoms with Crippen molar-refractivity contribution in [1.82, 2.24) is 5.32 Å². The second kappa shape index (κ2) is 7.88. The summed E-state index contributed by atoms with van der Waals surface area (Å²) in [6, 6.07) is 16.5. The van der Waals surface area contributed by atoms with Gasteiger partial charge in [0.25, 0.3) is 0 Å². The molecule has 2 aromatic carbocycles. The average molecular weight is 348 g/mol. The van der Waals surface area contributed by atoms with Crippen LogP contribution in [0, 0.1) is 0 Å². The zero-order valence-corrected chi connectivity index (χ0v) is 14.3. The van der Waals surface area contributed by atoms with Gasteiger partial charge in [-0.05, 0) is 30.2 Å². The maximum Gasteiger partial charge on any atom is 0.125 e. The van der Waals surface area contributed by atoms with Gasteiger partial charge in [0.15, 0.2) is 0 Å². The third-order valence-electron chi connectivity index (χ3n) is 4.39. The van der Waals surface area contributed by atoms with E-state index in [9.17, 15) is 0 Å². The van der Waals surface area contributed by atoms with Crippen molar-refractivity contribution in [3.05, 3.63) is 59.7 Å². The molecule has 1 N–H and O–H groups in total. The average Bonchev–Trinajstić information content (AvgIpc) is 2.80. The van der Waals surface area contributed by atoms with Crippen LogP contribution in [-0.2, 0) is 11.3 Å². The van der Waals surface area contributed by atoms with Gasteiger partial charge in [0.1, 0.15) is 24.2 Å². The van der Waals surface area contributed by atoms with Crippen molar-refractivity contribution in [3.8, 4) is 11.5 Å². The monoisotopic (exact) mass is 347 g/mol. The number of morpholine rings is 1. The Morgan fingerprint density at radius 3 is 2.83 bits per heavy atom. The predicted octanol–water partition coefficient (Wildman–Crippen LogP) is 3.50. The fraction of sp³-hybridized carbons (Fsp3) is 0.368. The fourth-order valence-corrected chi connectivity index (χ4v) is 3.22. The quantitative estimate of drug-likeness (QED) is 0.922. The van der Waals surface area contributed by atoms with Crippen molar-refractivity contribution in [2.75, 3.05) is 19.8 Å². The molecule has 4 nitrogen and oxygen atoms in total. The molecule has 0 bridgehead atoms. The summed E-state index contributed by atoms with van der Waals surface area (Å²) in [6.07, 6.45) is 1.00. The minimum atomic E-state index is 0. The van der Waals surface area contributed by atoms with Gasteiger partial charge in [-0.15, -0.1) is 12.4 Å². The summed E-state index contributed by atoms with van der Waals surface area (Å²) in [5.74, 6) is 1.76. The lowest BCUT2D eigenvalue weighted by atomic mass is 9.98. The van der Waals surface area contributed by atoms with Crippen molar-refractivity contribution in [3.63, 3.8) is 0 Å².